The van der Waals surface area contributed by atoms with E-state index in [1.165, 1.54) is 11.3 Å². The number of ether oxygens (including phenoxy) is 1. The maximum Gasteiger partial charge on any atom is 0.279 e. The normalized spacial score (nSPS) is 12.1. The summed E-state index contributed by atoms with van der Waals surface area (Å²) < 4.78 is 8.19. The van der Waals surface area contributed by atoms with Gasteiger partial charge < -0.3 is 9.30 Å². The van der Waals surface area contributed by atoms with Crippen molar-refractivity contribution in [1.82, 2.24) is 4.57 Å². The molecule has 1 heterocycles. The van der Waals surface area contributed by atoms with E-state index in [4.69, 9.17) is 16.3 Å². The molecule has 0 saturated carbocycles. The molecule has 0 spiro atoms. The van der Waals surface area contributed by atoms with E-state index >= 15 is 0 Å². The third-order valence-electron chi connectivity index (χ3n) is 3.83. The zero-order chi connectivity index (χ0) is 18.0. The molecule has 2 aromatic carbocycles. The second-order valence-electron chi connectivity index (χ2n) is 5.93. The molecule has 0 radical (unpaired) electrons. The maximum atomic E-state index is 12.7. The number of thiazole rings is 1. The van der Waals surface area contributed by atoms with Gasteiger partial charge in [-0.05, 0) is 44.2 Å². The Kier molecular flexibility index (Phi) is 5.37. The number of hydrogen-bond acceptors (Lipinski definition) is 3. The summed E-state index contributed by atoms with van der Waals surface area (Å²) in [5.74, 6) is -0.240. The zero-order valence-electron chi connectivity index (χ0n) is 14.4. The molecule has 130 valence electrons. The molecule has 1 aromatic heterocycles. The molecule has 0 unspecified atom stereocenters. The van der Waals surface area contributed by atoms with Crippen molar-refractivity contribution in [3.8, 4) is 0 Å². The second kappa shape index (κ2) is 7.52. The lowest BCUT2D eigenvalue weighted by Gasteiger charge is -2.04. The first kappa shape index (κ1) is 17.9. The van der Waals surface area contributed by atoms with E-state index in [1.54, 1.807) is 7.11 Å². The van der Waals surface area contributed by atoms with Crippen molar-refractivity contribution in [3.05, 3.63) is 62.9 Å². The average Bonchev–Trinajstić information content (AvgIpc) is 2.88. The molecule has 0 bridgehead atoms. The van der Waals surface area contributed by atoms with Gasteiger partial charge in [0.05, 0.1) is 16.8 Å². The van der Waals surface area contributed by atoms with Crippen LogP contribution in [0.25, 0.3) is 10.2 Å². The Morgan fingerprint density at radius 2 is 1.92 bits per heavy atom. The number of aromatic nitrogens is 1. The zero-order valence-corrected chi connectivity index (χ0v) is 15.9. The molecule has 6 heteroatoms. The fraction of sp³-hybridized carbons (Fsp3) is 0.263. The highest BCUT2D eigenvalue weighted by Crippen LogP contribution is 2.22. The van der Waals surface area contributed by atoms with Gasteiger partial charge in [0.2, 0.25) is 0 Å². The van der Waals surface area contributed by atoms with Gasteiger partial charge in [-0.2, -0.15) is 4.99 Å². The minimum absolute atomic E-state index is 0.240. The van der Waals surface area contributed by atoms with E-state index in [-0.39, 0.29) is 5.91 Å². The lowest BCUT2D eigenvalue weighted by molar-refractivity contribution is 0.0997. The highest BCUT2D eigenvalue weighted by Gasteiger charge is 2.10. The Morgan fingerprint density at radius 1 is 1.20 bits per heavy atom. The van der Waals surface area contributed by atoms with E-state index < -0.39 is 0 Å². The first-order valence-corrected chi connectivity index (χ1v) is 9.12. The second-order valence-corrected chi connectivity index (χ2v) is 7.38. The van der Waals surface area contributed by atoms with Gasteiger partial charge in [0.15, 0.2) is 4.80 Å². The largest absolute Gasteiger partial charge is 0.383 e. The van der Waals surface area contributed by atoms with Crippen LogP contribution < -0.4 is 4.80 Å². The summed E-state index contributed by atoms with van der Waals surface area (Å²) in [7, 11) is 1.66. The monoisotopic (exact) mass is 374 g/mol. The number of carbonyl (C=O) groups is 1. The number of benzene rings is 2. The van der Waals surface area contributed by atoms with E-state index in [9.17, 15) is 4.79 Å². The molecule has 4 nitrogen and oxygen atoms in total. The number of halogens is 1. The van der Waals surface area contributed by atoms with Gasteiger partial charge in [-0.1, -0.05) is 40.1 Å². The van der Waals surface area contributed by atoms with Crippen LogP contribution in [0.4, 0.5) is 0 Å². The molecule has 0 N–H and O–H groups in total. The molecule has 0 aliphatic heterocycles. The Morgan fingerprint density at radius 3 is 2.60 bits per heavy atom. The standard InChI is InChI=1S/C19H19ClN2O2S/c1-12-8-13(2)10-14(9-12)18(23)21-19-22(6-7-24-3)16-5-4-15(20)11-17(16)25-19/h4-5,8-11H,6-7H2,1-3H3. The Bertz CT molecular complexity index is 984. The third-order valence-corrected chi connectivity index (χ3v) is 5.11. The van der Waals surface area contributed by atoms with Crippen molar-refractivity contribution >= 4 is 39.1 Å². The van der Waals surface area contributed by atoms with Gasteiger partial charge >= 0.3 is 0 Å². The van der Waals surface area contributed by atoms with Gasteiger partial charge in [0.1, 0.15) is 0 Å². The van der Waals surface area contributed by atoms with Crippen LogP contribution in [0.3, 0.4) is 0 Å². The van der Waals surface area contributed by atoms with Gasteiger partial charge in [-0.3, -0.25) is 4.79 Å². The summed E-state index contributed by atoms with van der Waals surface area (Å²) in [6.45, 7) is 5.12. The van der Waals surface area contributed by atoms with Crippen LogP contribution in [0.15, 0.2) is 41.4 Å². The Hall–Kier alpha value is -1.95. The fourth-order valence-corrected chi connectivity index (χ4v) is 4.11. The molecule has 0 atom stereocenters. The molecule has 0 aliphatic carbocycles. The number of fused-ring (bicyclic) bond motifs is 1. The van der Waals surface area contributed by atoms with Crippen LogP contribution in [0.1, 0.15) is 21.5 Å². The average molecular weight is 375 g/mol. The fourth-order valence-electron chi connectivity index (χ4n) is 2.78. The third kappa shape index (κ3) is 4.00. The summed E-state index contributed by atoms with van der Waals surface area (Å²) in [6, 6.07) is 11.5. The highest BCUT2D eigenvalue weighted by atomic mass is 35.5. The predicted molar refractivity (Wildman–Crippen MR) is 103 cm³/mol. The van der Waals surface area contributed by atoms with Gasteiger partial charge in [0.25, 0.3) is 5.91 Å². The van der Waals surface area contributed by atoms with E-state index in [0.29, 0.717) is 28.5 Å². The van der Waals surface area contributed by atoms with E-state index in [1.807, 2.05) is 54.8 Å². The number of methoxy groups -OCH3 is 1. The first-order valence-electron chi connectivity index (χ1n) is 7.93. The van der Waals surface area contributed by atoms with Crippen LogP contribution in [0.5, 0.6) is 0 Å². The number of rotatable bonds is 4. The number of hydrogen-bond donors (Lipinski definition) is 0. The molecule has 25 heavy (non-hydrogen) atoms. The molecule has 0 saturated heterocycles. The van der Waals surface area contributed by atoms with Crippen LogP contribution >= 0.6 is 22.9 Å². The highest BCUT2D eigenvalue weighted by molar-refractivity contribution is 7.16. The Labute approximate surface area is 155 Å². The predicted octanol–water partition coefficient (Wildman–Crippen LogP) is 4.36. The number of amides is 1. The van der Waals surface area contributed by atoms with Crippen molar-refractivity contribution in [1.29, 1.82) is 0 Å². The Balaban J connectivity index is 2.12. The summed E-state index contributed by atoms with van der Waals surface area (Å²) in [4.78, 5) is 17.7. The van der Waals surface area contributed by atoms with Crippen molar-refractivity contribution in [2.75, 3.05) is 13.7 Å². The van der Waals surface area contributed by atoms with Crippen LogP contribution in [-0.4, -0.2) is 24.2 Å². The van der Waals surface area contributed by atoms with E-state index in [2.05, 4.69) is 4.99 Å². The van der Waals surface area contributed by atoms with Gasteiger partial charge in [-0.25, -0.2) is 0 Å². The summed E-state index contributed by atoms with van der Waals surface area (Å²) in [5, 5.41) is 0.667. The quantitative estimate of drug-likeness (QED) is 0.681. The minimum atomic E-state index is -0.240. The molecular weight excluding hydrogens is 356 g/mol. The topological polar surface area (TPSA) is 43.6 Å². The molecular formula is C19H19ClN2O2S. The summed E-state index contributed by atoms with van der Waals surface area (Å²) in [5.41, 5.74) is 3.70. The number of nitrogens with zero attached hydrogens (tertiary/aromatic N) is 2. The minimum Gasteiger partial charge on any atom is -0.383 e. The lowest BCUT2D eigenvalue weighted by Crippen LogP contribution is -2.19. The molecule has 3 aromatic rings. The summed E-state index contributed by atoms with van der Waals surface area (Å²) in [6.07, 6.45) is 0. The van der Waals surface area contributed by atoms with Gasteiger partial charge in [0, 0.05) is 24.2 Å². The first-order chi connectivity index (χ1) is 12.0. The molecule has 1 amide bonds. The van der Waals surface area contributed by atoms with Crippen LogP contribution in [0.2, 0.25) is 5.02 Å². The van der Waals surface area contributed by atoms with Crippen LogP contribution in [0, 0.1) is 13.8 Å². The smallest absolute Gasteiger partial charge is 0.279 e. The van der Waals surface area contributed by atoms with Crippen molar-refractivity contribution < 1.29 is 9.53 Å². The SMILES string of the molecule is COCCn1c(=NC(=O)c2cc(C)cc(C)c2)sc2cc(Cl)ccc21. The van der Waals surface area contributed by atoms with Crippen LogP contribution in [-0.2, 0) is 11.3 Å². The van der Waals surface area contributed by atoms with E-state index in [0.717, 1.165) is 21.3 Å². The van der Waals surface area contributed by atoms with Gasteiger partial charge in [-0.15, -0.1) is 0 Å². The lowest BCUT2D eigenvalue weighted by atomic mass is 10.1. The molecule has 0 aliphatic rings. The molecule has 0 fully saturated rings. The van der Waals surface area contributed by atoms with Crippen molar-refractivity contribution in [3.63, 3.8) is 0 Å². The van der Waals surface area contributed by atoms with Crippen molar-refractivity contribution in [2.24, 2.45) is 4.99 Å². The molecule has 3 rings (SSSR count). The van der Waals surface area contributed by atoms with Crippen molar-refractivity contribution in [2.45, 2.75) is 20.4 Å². The maximum absolute atomic E-state index is 12.7. The summed E-state index contributed by atoms with van der Waals surface area (Å²) >= 11 is 7.55. The number of aryl methyl sites for hydroxylation is 2. The number of carbonyl (C=O) groups excluding carboxylic acids is 1.